The molecule has 1 fully saturated rings. The molecule has 0 aromatic carbocycles. The van der Waals surface area contributed by atoms with Gasteiger partial charge in [-0.05, 0) is 6.42 Å². The van der Waals surface area contributed by atoms with E-state index in [1.807, 2.05) is 0 Å². The fourth-order valence-corrected chi connectivity index (χ4v) is 3.97. The maximum atomic E-state index is 11.9. The monoisotopic (exact) mass is 375 g/mol. The molecule has 0 aliphatic carbocycles. The van der Waals surface area contributed by atoms with Crippen LogP contribution in [0, 0.1) is 0 Å². The number of unbranched alkanes of at least 4 members (excludes halogenated alkanes) is 11. The van der Waals surface area contributed by atoms with Gasteiger partial charge in [0, 0.05) is 6.54 Å². The van der Waals surface area contributed by atoms with E-state index in [2.05, 4.69) is 6.92 Å². The van der Waals surface area contributed by atoms with Gasteiger partial charge in [0.1, 0.15) is 0 Å². The zero-order valence-corrected chi connectivity index (χ0v) is 16.2. The SMILES string of the molecule is CCCCCCCCCCCCCCN1C(=O)CC(S(=O)(=O)O)C1=O. The molecule has 0 aromatic rings. The van der Waals surface area contributed by atoms with E-state index in [0.29, 0.717) is 6.42 Å². The van der Waals surface area contributed by atoms with E-state index in [9.17, 15) is 18.0 Å². The van der Waals surface area contributed by atoms with E-state index in [4.69, 9.17) is 4.55 Å². The van der Waals surface area contributed by atoms with E-state index in [-0.39, 0.29) is 6.54 Å². The van der Waals surface area contributed by atoms with Gasteiger partial charge in [0.2, 0.25) is 5.91 Å². The molecule has 1 atom stereocenters. The van der Waals surface area contributed by atoms with Crippen molar-refractivity contribution in [1.82, 2.24) is 4.90 Å². The highest BCUT2D eigenvalue weighted by molar-refractivity contribution is 7.87. The van der Waals surface area contributed by atoms with Gasteiger partial charge in [-0.1, -0.05) is 77.6 Å². The highest BCUT2D eigenvalue weighted by Gasteiger charge is 2.45. The third kappa shape index (κ3) is 8.31. The number of carbonyl (C=O) groups is 2. The Kier molecular flexibility index (Phi) is 10.3. The predicted molar refractivity (Wildman–Crippen MR) is 97.8 cm³/mol. The second-order valence-electron chi connectivity index (χ2n) is 6.98. The van der Waals surface area contributed by atoms with Crippen molar-refractivity contribution in [3.05, 3.63) is 0 Å². The van der Waals surface area contributed by atoms with Crippen molar-refractivity contribution in [2.24, 2.45) is 0 Å². The molecular formula is C18H33NO5S. The normalized spacial score (nSPS) is 18.3. The van der Waals surface area contributed by atoms with Gasteiger partial charge in [-0.3, -0.25) is 19.0 Å². The molecule has 1 saturated heterocycles. The van der Waals surface area contributed by atoms with E-state index in [1.54, 1.807) is 0 Å². The quantitative estimate of drug-likeness (QED) is 0.284. The van der Waals surface area contributed by atoms with Crippen molar-refractivity contribution in [3.8, 4) is 0 Å². The summed E-state index contributed by atoms with van der Waals surface area (Å²) in [5.74, 6) is -1.29. The molecule has 0 spiro atoms. The Morgan fingerprint density at radius 1 is 0.880 bits per heavy atom. The third-order valence-corrected chi connectivity index (χ3v) is 5.88. The molecule has 25 heavy (non-hydrogen) atoms. The lowest BCUT2D eigenvalue weighted by molar-refractivity contribution is -0.138. The minimum atomic E-state index is -4.49. The second-order valence-corrected chi connectivity index (χ2v) is 8.58. The van der Waals surface area contributed by atoms with Gasteiger partial charge in [0.15, 0.2) is 5.25 Å². The second kappa shape index (κ2) is 11.6. The molecule has 1 aliphatic rings. The topological polar surface area (TPSA) is 91.8 Å². The van der Waals surface area contributed by atoms with Crippen LogP contribution in [0.3, 0.4) is 0 Å². The third-order valence-electron chi connectivity index (χ3n) is 4.80. The number of rotatable bonds is 14. The maximum Gasteiger partial charge on any atom is 0.277 e. The van der Waals surface area contributed by atoms with Crippen LogP contribution in [0.1, 0.15) is 90.4 Å². The molecule has 0 saturated carbocycles. The molecule has 1 unspecified atom stereocenters. The minimum Gasteiger partial charge on any atom is -0.285 e. The van der Waals surface area contributed by atoms with Crippen LogP contribution in [-0.4, -0.2) is 41.5 Å². The highest BCUT2D eigenvalue weighted by atomic mass is 32.2. The Bertz CT molecular complexity index is 518. The lowest BCUT2D eigenvalue weighted by Crippen LogP contribution is -2.35. The number of imide groups is 1. The van der Waals surface area contributed by atoms with Crippen LogP contribution in [0.2, 0.25) is 0 Å². The lowest BCUT2D eigenvalue weighted by Gasteiger charge is -2.14. The summed E-state index contributed by atoms with van der Waals surface area (Å²) < 4.78 is 31.1. The van der Waals surface area contributed by atoms with E-state index < -0.39 is 33.6 Å². The van der Waals surface area contributed by atoms with Crippen LogP contribution in [0.5, 0.6) is 0 Å². The molecule has 7 heteroatoms. The van der Waals surface area contributed by atoms with Crippen molar-refractivity contribution in [3.63, 3.8) is 0 Å². The average molecular weight is 376 g/mol. The summed E-state index contributed by atoms with van der Waals surface area (Å²) in [7, 11) is -4.49. The van der Waals surface area contributed by atoms with Gasteiger partial charge in [-0.25, -0.2) is 0 Å². The van der Waals surface area contributed by atoms with Gasteiger partial charge < -0.3 is 0 Å². The Balaban J connectivity index is 2.03. The predicted octanol–water partition coefficient (Wildman–Crippen LogP) is 3.70. The van der Waals surface area contributed by atoms with Crippen LogP contribution in [0.15, 0.2) is 0 Å². The van der Waals surface area contributed by atoms with Gasteiger partial charge in [-0.2, -0.15) is 8.42 Å². The molecule has 2 amide bonds. The van der Waals surface area contributed by atoms with Crippen LogP contribution in [-0.2, 0) is 19.7 Å². The fraction of sp³-hybridized carbons (Fsp3) is 0.889. The molecular weight excluding hydrogens is 342 g/mol. The van der Waals surface area contributed by atoms with Crippen LogP contribution < -0.4 is 0 Å². The Morgan fingerprint density at radius 2 is 1.32 bits per heavy atom. The van der Waals surface area contributed by atoms with Crippen molar-refractivity contribution in [2.75, 3.05) is 6.54 Å². The molecule has 0 aromatic heterocycles. The summed E-state index contributed by atoms with van der Waals surface area (Å²) in [4.78, 5) is 24.5. The first-order valence-corrected chi connectivity index (χ1v) is 11.2. The fourth-order valence-electron chi connectivity index (χ4n) is 3.23. The summed E-state index contributed by atoms with van der Waals surface area (Å²) in [6.07, 6.45) is 13.8. The maximum absolute atomic E-state index is 11.9. The number of nitrogens with zero attached hydrogens (tertiary/aromatic N) is 1. The molecule has 0 radical (unpaired) electrons. The number of carbonyl (C=O) groups excluding carboxylic acids is 2. The lowest BCUT2D eigenvalue weighted by atomic mass is 10.1. The molecule has 1 heterocycles. The first-order chi connectivity index (χ1) is 11.9. The van der Waals surface area contributed by atoms with E-state index >= 15 is 0 Å². The molecule has 1 N–H and O–H groups in total. The zero-order valence-electron chi connectivity index (χ0n) is 15.4. The Labute approximate surface area is 152 Å². The van der Waals surface area contributed by atoms with Crippen molar-refractivity contribution in [2.45, 2.75) is 95.6 Å². The number of amides is 2. The van der Waals surface area contributed by atoms with Gasteiger partial charge >= 0.3 is 0 Å². The number of hydrogen-bond acceptors (Lipinski definition) is 4. The van der Waals surface area contributed by atoms with Crippen LogP contribution in [0.25, 0.3) is 0 Å². The van der Waals surface area contributed by atoms with Gasteiger partial charge in [0.05, 0.1) is 6.42 Å². The summed E-state index contributed by atoms with van der Waals surface area (Å²) in [6, 6.07) is 0. The highest BCUT2D eigenvalue weighted by Crippen LogP contribution is 2.20. The van der Waals surface area contributed by atoms with E-state index in [1.165, 1.54) is 51.4 Å². The van der Waals surface area contributed by atoms with E-state index in [0.717, 1.165) is 24.2 Å². The molecule has 1 aliphatic heterocycles. The molecule has 6 nitrogen and oxygen atoms in total. The summed E-state index contributed by atoms with van der Waals surface area (Å²) in [5.41, 5.74) is 0. The first-order valence-electron chi connectivity index (χ1n) is 9.68. The number of likely N-dealkylation sites (tertiary alicyclic amines) is 1. The molecule has 146 valence electrons. The van der Waals surface area contributed by atoms with Crippen molar-refractivity contribution in [1.29, 1.82) is 0 Å². The average Bonchev–Trinajstić information content (AvgIpc) is 2.83. The Morgan fingerprint density at radius 3 is 1.72 bits per heavy atom. The smallest absolute Gasteiger partial charge is 0.277 e. The largest absolute Gasteiger partial charge is 0.285 e. The van der Waals surface area contributed by atoms with Crippen LogP contribution >= 0.6 is 0 Å². The first kappa shape index (κ1) is 22.1. The molecule has 1 rings (SSSR count). The Hall–Kier alpha value is -0.950. The van der Waals surface area contributed by atoms with Crippen LogP contribution in [0.4, 0.5) is 0 Å². The van der Waals surface area contributed by atoms with Gasteiger partial charge in [0.25, 0.3) is 16.0 Å². The number of hydrogen-bond donors (Lipinski definition) is 1. The van der Waals surface area contributed by atoms with Crippen molar-refractivity contribution < 1.29 is 22.6 Å². The summed E-state index contributed by atoms with van der Waals surface area (Å²) >= 11 is 0. The molecule has 0 bridgehead atoms. The summed E-state index contributed by atoms with van der Waals surface area (Å²) in [5, 5.41) is -1.60. The van der Waals surface area contributed by atoms with Gasteiger partial charge in [-0.15, -0.1) is 0 Å². The summed E-state index contributed by atoms with van der Waals surface area (Å²) in [6.45, 7) is 2.48. The zero-order chi connectivity index (χ0) is 18.7. The minimum absolute atomic E-state index is 0.251. The van der Waals surface area contributed by atoms with Crippen molar-refractivity contribution >= 4 is 21.9 Å². The standard InChI is InChI=1S/C18H33NO5S/c1-2-3-4-5-6-7-8-9-10-11-12-13-14-19-17(20)15-16(18(19)21)25(22,23)24/h16H,2-15H2,1H3,(H,22,23,24).